The average Bonchev–Trinajstić information content (AvgIpc) is 2.13. The Labute approximate surface area is 121 Å². The maximum atomic E-state index is 11.9. The van der Waals surface area contributed by atoms with E-state index in [0.29, 0.717) is 3.43 Å². The molecule has 1 heterocycles. The fourth-order valence-corrected chi connectivity index (χ4v) is 5.73. The number of hydrogen-bond acceptors (Lipinski definition) is 2. The van der Waals surface area contributed by atoms with Gasteiger partial charge in [-0.15, -0.1) is 0 Å². The van der Waals surface area contributed by atoms with E-state index in [-0.39, 0.29) is 6.09 Å². The van der Waals surface area contributed by atoms with Crippen LogP contribution in [0.5, 0.6) is 0 Å². The zero-order chi connectivity index (χ0) is 14.0. The molecule has 1 rings (SSSR count). The van der Waals surface area contributed by atoms with Crippen LogP contribution in [0.15, 0.2) is 9.67 Å². The quantitative estimate of drug-likeness (QED) is 0.673. The van der Waals surface area contributed by atoms with Gasteiger partial charge in [-0.3, -0.25) is 0 Å². The molecule has 4 heteroatoms. The van der Waals surface area contributed by atoms with Crippen molar-refractivity contribution in [1.29, 1.82) is 0 Å². The van der Waals surface area contributed by atoms with Gasteiger partial charge in [0.1, 0.15) is 0 Å². The number of amides is 1. The van der Waals surface area contributed by atoms with Crippen LogP contribution < -0.4 is 0 Å². The summed E-state index contributed by atoms with van der Waals surface area (Å²) in [5.41, 5.74) is -0.400. The van der Waals surface area contributed by atoms with Crippen molar-refractivity contribution in [2.24, 2.45) is 0 Å². The van der Waals surface area contributed by atoms with Crippen LogP contribution >= 0.6 is 0 Å². The summed E-state index contributed by atoms with van der Waals surface area (Å²) < 4.78 is 7.50. The minimum absolute atomic E-state index is 0.182. The van der Waals surface area contributed by atoms with E-state index in [1.807, 2.05) is 20.8 Å². The van der Waals surface area contributed by atoms with E-state index in [1.165, 1.54) is 0 Å². The molecule has 0 aromatic rings. The Kier molecular flexibility index (Phi) is 5.15. The van der Waals surface area contributed by atoms with Crippen molar-refractivity contribution < 1.29 is 9.53 Å². The minimum atomic E-state index is -0.486. The van der Waals surface area contributed by atoms with Gasteiger partial charge in [-0.2, -0.15) is 0 Å². The molecule has 0 aliphatic carbocycles. The molecule has 0 bridgehead atoms. The Morgan fingerprint density at radius 2 is 1.89 bits per heavy atom. The average molecular weight is 358 g/mol. The fraction of sp³-hybridized carbons (Fsp3) is 0.786. The van der Waals surface area contributed by atoms with Crippen molar-refractivity contribution in [1.82, 2.24) is 4.90 Å². The molecule has 0 atom stereocenters. The van der Waals surface area contributed by atoms with Gasteiger partial charge in [0.15, 0.2) is 0 Å². The molecule has 0 aromatic carbocycles. The molecule has 1 amide bonds. The maximum absolute atomic E-state index is 11.9. The topological polar surface area (TPSA) is 29.5 Å². The summed E-state index contributed by atoms with van der Waals surface area (Å²) >= 11 is -0.486. The second-order valence-electron chi connectivity index (χ2n) is 6.78. The van der Waals surface area contributed by atoms with E-state index >= 15 is 0 Å². The zero-order valence-corrected chi connectivity index (χ0v) is 15.3. The number of hydrogen-bond donors (Lipinski definition) is 0. The zero-order valence-electron chi connectivity index (χ0n) is 12.5. The molecule has 2 radical (unpaired) electrons. The van der Waals surface area contributed by atoms with Crippen LogP contribution in [0.3, 0.4) is 0 Å². The van der Waals surface area contributed by atoms with E-state index < -0.39 is 26.7 Å². The predicted octanol–water partition coefficient (Wildman–Crippen LogP) is 3.43. The Hall–Kier alpha value is -0.191. The van der Waals surface area contributed by atoms with Crippen LogP contribution in [0, 0.1) is 0 Å². The van der Waals surface area contributed by atoms with Gasteiger partial charge in [0.25, 0.3) is 0 Å². The van der Waals surface area contributed by atoms with Crippen LogP contribution in [0.2, 0.25) is 3.43 Å². The molecule has 0 spiro atoms. The van der Waals surface area contributed by atoms with Gasteiger partial charge in [-0.05, 0) is 0 Å². The van der Waals surface area contributed by atoms with Gasteiger partial charge in [0.05, 0.1) is 0 Å². The molecule has 0 unspecified atom stereocenters. The van der Waals surface area contributed by atoms with Crippen LogP contribution in [0.1, 0.15) is 48.0 Å². The Morgan fingerprint density at radius 1 is 1.28 bits per heavy atom. The van der Waals surface area contributed by atoms with E-state index in [0.717, 1.165) is 19.5 Å². The Balaban J connectivity index is 2.50. The first-order valence-electron chi connectivity index (χ1n) is 6.52. The summed E-state index contributed by atoms with van der Waals surface area (Å²) in [7, 11) is 0. The molecule has 3 nitrogen and oxygen atoms in total. The number of carbonyl (C=O) groups is 1. The first-order chi connectivity index (χ1) is 8.07. The van der Waals surface area contributed by atoms with Crippen LogP contribution in [0.4, 0.5) is 4.79 Å². The van der Waals surface area contributed by atoms with Gasteiger partial charge in [0, 0.05) is 0 Å². The molecular formula is C14H25NO2Sn. The molecule has 102 valence electrons. The Morgan fingerprint density at radius 3 is 2.28 bits per heavy atom. The summed E-state index contributed by atoms with van der Waals surface area (Å²) in [4.78, 5) is 13.7. The molecule has 1 aliphatic rings. The van der Waals surface area contributed by atoms with Gasteiger partial charge in [0.2, 0.25) is 0 Å². The van der Waals surface area contributed by atoms with Crippen molar-refractivity contribution in [3.63, 3.8) is 0 Å². The van der Waals surface area contributed by atoms with Gasteiger partial charge < -0.3 is 0 Å². The molecule has 1 aliphatic heterocycles. The molecule has 0 N–H and O–H groups in total. The van der Waals surface area contributed by atoms with Crippen molar-refractivity contribution in [3.05, 3.63) is 9.67 Å². The Bertz CT molecular complexity index is 337. The number of rotatable bonds is 1. The van der Waals surface area contributed by atoms with Crippen LogP contribution in [-0.2, 0) is 4.74 Å². The summed E-state index contributed by atoms with van der Waals surface area (Å²) in [5, 5.41) is 0. The molecule has 0 aromatic heterocycles. The van der Waals surface area contributed by atoms with Crippen LogP contribution in [0.25, 0.3) is 0 Å². The standard InChI is InChI=1S/C10H16NO2.C4H9.Sn/c1-10(2,3)13-9(12)11-7-5-4-6-8-11;1-4(2)3;/h5H,6-8H2,1-3H3;1-3H3;. The first kappa shape index (κ1) is 15.9. The monoisotopic (exact) mass is 359 g/mol. The van der Waals surface area contributed by atoms with Crippen molar-refractivity contribution in [3.8, 4) is 0 Å². The van der Waals surface area contributed by atoms with E-state index in [4.69, 9.17) is 4.74 Å². The summed E-state index contributed by atoms with van der Waals surface area (Å²) in [6, 6.07) is 0. The summed E-state index contributed by atoms with van der Waals surface area (Å²) in [6.07, 6.45) is 3.12. The molecular weight excluding hydrogens is 333 g/mol. The third kappa shape index (κ3) is 6.12. The predicted molar refractivity (Wildman–Crippen MR) is 76.0 cm³/mol. The number of carbonyl (C=O) groups excluding carboxylic acids is 1. The van der Waals surface area contributed by atoms with Crippen LogP contribution in [-0.4, -0.2) is 50.8 Å². The molecule has 0 fully saturated rings. The third-order valence-corrected chi connectivity index (χ3v) is 6.75. The van der Waals surface area contributed by atoms with Crippen molar-refractivity contribution in [2.45, 2.75) is 57.0 Å². The van der Waals surface area contributed by atoms with Gasteiger partial charge in [-0.25, -0.2) is 0 Å². The molecule has 0 saturated carbocycles. The summed E-state index contributed by atoms with van der Waals surface area (Å²) in [5.74, 6) is 0. The van der Waals surface area contributed by atoms with E-state index in [2.05, 4.69) is 26.8 Å². The van der Waals surface area contributed by atoms with E-state index in [1.54, 1.807) is 8.49 Å². The van der Waals surface area contributed by atoms with Crippen molar-refractivity contribution >= 4 is 27.2 Å². The fourth-order valence-electron chi connectivity index (χ4n) is 1.76. The second kappa shape index (κ2) is 5.84. The van der Waals surface area contributed by atoms with Gasteiger partial charge >= 0.3 is 121 Å². The van der Waals surface area contributed by atoms with Crippen molar-refractivity contribution in [2.75, 3.05) is 13.1 Å². The third-order valence-electron chi connectivity index (χ3n) is 2.40. The van der Waals surface area contributed by atoms with Gasteiger partial charge in [-0.1, -0.05) is 0 Å². The first-order valence-corrected chi connectivity index (χ1v) is 9.37. The van der Waals surface area contributed by atoms with E-state index in [9.17, 15) is 4.79 Å². The SMILES string of the molecule is CC(C)(C)OC(=O)N1CC=[C]([Sn][C](C)(C)C)CC1. The molecule has 0 saturated heterocycles. The number of nitrogens with zero attached hydrogens (tertiary/aromatic N) is 1. The second-order valence-corrected chi connectivity index (χ2v) is 13.6. The summed E-state index contributed by atoms with van der Waals surface area (Å²) in [6.45, 7) is 14.2. The normalized spacial score (nSPS) is 17.4. The number of ether oxygens (including phenoxy) is 1. The molecule has 18 heavy (non-hydrogen) atoms.